The van der Waals surface area contributed by atoms with E-state index >= 15 is 0 Å². The standard InChI is InChI=1S/C26H30N6O/c1-31(2)16-14-29-26(33)22-12-6-11-21(18-22)23-19-30-24(25-28-15-17-32(23)25)27-13-7-10-20-8-4-3-5-9-20/h3-6,8-9,11-12,15,17-19H,7,10,13-14,16H2,1-2H3,(H,27,30)(H,29,33). The minimum absolute atomic E-state index is 0.0785. The summed E-state index contributed by atoms with van der Waals surface area (Å²) in [4.78, 5) is 23.7. The van der Waals surface area contributed by atoms with Crippen molar-refractivity contribution < 1.29 is 4.79 Å². The van der Waals surface area contributed by atoms with Gasteiger partial charge in [0.05, 0.1) is 11.9 Å². The lowest BCUT2D eigenvalue weighted by molar-refractivity contribution is 0.0951. The predicted molar refractivity (Wildman–Crippen MR) is 133 cm³/mol. The molecule has 4 aromatic rings. The summed E-state index contributed by atoms with van der Waals surface area (Å²) in [6.45, 7) is 2.21. The Morgan fingerprint density at radius 1 is 1.03 bits per heavy atom. The Balaban J connectivity index is 1.46. The van der Waals surface area contributed by atoms with Gasteiger partial charge in [0.25, 0.3) is 5.91 Å². The number of benzene rings is 2. The molecule has 0 saturated carbocycles. The van der Waals surface area contributed by atoms with Crippen molar-refractivity contribution in [1.82, 2.24) is 24.6 Å². The normalized spacial score (nSPS) is 11.1. The zero-order chi connectivity index (χ0) is 23.0. The molecule has 0 aliphatic rings. The molecular formula is C26H30N6O. The maximum absolute atomic E-state index is 12.6. The fourth-order valence-corrected chi connectivity index (χ4v) is 3.72. The van der Waals surface area contributed by atoms with Crippen molar-refractivity contribution >= 4 is 17.4 Å². The van der Waals surface area contributed by atoms with E-state index in [-0.39, 0.29) is 5.91 Å². The Morgan fingerprint density at radius 3 is 2.70 bits per heavy atom. The molecular weight excluding hydrogens is 412 g/mol. The molecule has 2 N–H and O–H groups in total. The van der Waals surface area contributed by atoms with Crippen molar-refractivity contribution in [3.63, 3.8) is 0 Å². The molecule has 0 aliphatic carbocycles. The number of carbonyl (C=O) groups excluding carboxylic acids is 1. The highest BCUT2D eigenvalue weighted by molar-refractivity contribution is 5.95. The number of nitrogens with zero attached hydrogens (tertiary/aromatic N) is 4. The first kappa shape index (κ1) is 22.5. The van der Waals surface area contributed by atoms with Gasteiger partial charge in [0, 0.05) is 43.2 Å². The van der Waals surface area contributed by atoms with Crippen LogP contribution >= 0.6 is 0 Å². The van der Waals surface area contributed by atoms with Crippen molar-refractivity contribution in [1.29, 1.82) is 0 Å². The van der Waals surface area contributed by atoms with Crippen molar-refractivity contribution in [3.05, 3.63) is 84.3 Å². The number of hydrogen-bond acceptors (Lipinski definition) is 5. The van der Waals surface area contributed by atoms with Crippen molar-refractivity contribution in [2.24, 2.45) is 0 Å². The molecule has 2 heterocycles. The number of nitrogens with one attached hydrogen (secondary N) is 2. The molecule has 2 aromatic heterocycles. The Kier molecular flexibility index (Phi) is 7.32. The van der Waals surface area contributed by atoms with E-state index in [9.17, 15) is 4.79 Å². The summed E-state index contributed by atoms with van der Waals surface area (Å²) in [5.74, 6) is 0.680. The molecule has 0 aliphatic heterocycles. The van der Waals surface area contributed by atoms with Gasteiger partial charge >= 0.3 is 0 Å². The van der Waals surface area contributed by atoms with Crippen LogP contribution in [0.3, 0.4) is 0 Å². The highest BCUT2D eigenvalue weighted by atomic mass is 16.1. The van der Waals surface area contributed by atoms with Gasteiger partial charge in [-0.1, -0.05) is 42.5 Å². The third-order valence-corrected chi connectivity index (χ3v) is 5.47. The lowest BCUT2D eigenvalue weighted by Crippen LogP contribution is -2.31. The van der Waals surface area contributed by atoms with Crippen LogP contribution in [0.1, 0.15) is 22.3 Å². The SMILES string of the molecule is CN(C)CCNC(=O)c1cccc(-c2cnc(NCCCc3ccccc3)c3nccn23)c1. The van der Waals surface area contributed by atoms with E-state index in [0.29, 0.717) is 12.1 Å². The van der Waals surface area contributed by atoms with Gasteiger partial charge in [-0.3, -0.25) is 9.20 Å². The third kappa shape index (κ3) is 5.75. The van der Waals surface area contributed by atoms with Gasteiger partial charge < -0.3 is 15.5 Å². The van der Waals surface area contributed by atoms with Gasteiger partial charge in [0.15, 0.2) is 11.5 Å². The molecule has 33 heavy (non-hydrogen) atoms. The molecule has 0 saturated heterocycles. The molecule has 0 spiro atoms. The first-order valence-corrected chi connectivity index (χ1v) is 11.2. The lowest BCUT2D eigenvalue weighted by Gasteiger charge is -2.12. The second-order valence-electron chi connectivity index (χ2n) is 8.27. The van der Waals surface area contributed by atoms with Gasteiger partial charge in [-0.15, -0.1) is 0 Å². The molecule has 0 bridgehead atoms. The maximum Gasteiger partial charge on any atom is 0.251 e. The summed E-state index contributed by atoms with van der Waals surface area (Å²) in [5.41, 5.74) is 4.54. The first-order chi connectivity index (χ1) is 16.1. The molecule has 2 aromatic carbocycles. The number of aromatic nitrogens is 3. The topological polar surface area (TPSA) is 74.6 Å². The van der Waals surface area contributed by atoms with E-state index in [4.69, 9.17) is 0 Å². The van der Waals surface area contributed by atoms with Crippen LogP contribution in [0.4, 0.5) is 5.82 Å². The van der Waals surface area contributed by atoms with Gasteiger partial charge in [-0.05, 0) is 44.6 Å². The molecule has 7 nitrogen and oxygen atoms in total. The number of fused-ring (bicyclic) bond motifs is 1. The van der Waals surface area contributed by atoms with Crippen LogP contribution < -0.4 is 10.6 Å². The molecule has 4 rings (SSSR count). The average Bonchev–Trinajstić information content (AvgIpc) is 3.32. The Labute approximate surface area is 194 Å². The van der Waals surface area contributed by atoms with Crippen LogP contribution in [0.15, 0.2) is 73.2 Å². The molecule has 0 unspecified atom stereocenters. The number of likely N-dealkylation sites (N-methyl/N-ethyl adjacent to an activating group) is 1. The van der Waals surface area contributed by atoms with Crippen LogP contribution in [-0.2, 0) is 6.42 Å². The van der Waals surface area contributed by atoms with Gasteiger partial charge in [0.2, 0.25) is 0 Å². The fraction of sp³-hybridized carbons (Fsp3) is 0.269. The Hall–Kier alpha value is -3.71. The molecule has 0 fully saturated rings. The van der Waals surface area contributed by atoms with E-state index in [2.05, 4.69) is 44.9 Å². The zero-order valence-electron chi connectivity index (χ0n) is 19.2. The minimum Gasteiger partial charge on any atom is -0.367 e. The van der Waals surface area contributed by atoms with E-state index < -0.39 is 0 Å². The number of amides is 1. The Morgan fingerprint density at radius 2 is 1.88 bits per heavy atom. The highest BCUT2D eigenvalue weighted by Gasteiger charge is 2.12. The summed E-state index contributed by atoms with van der Waals surface area (Å²) in [5, 5.41) is 6.39. The quantitative estimate of drug-likeness (QED) is 0.366. The largest absolute Gasteiger partial charge is 0.367 e. The van der Waals surface area contributed by atoms with Gasteiger partial charge in [-0.2, -0.15) is 0 Å². The predicted octanol–water partition coefficient (Wildman–Crippen LogP) is 3.73. The van der Waals surface area contributed by atoms with E-state index in [1.165, 1.54) is 5.56 Å². The number of carbonyl (C=O) groups is 1. The molecule has 1 amide bonds. The van der Waals surface area contributed by atoms with Crippen LogP contribution in [-0.4, -0.2) is 58.9 Å². The van der Waals surface area contributed by atoms with Crippen molar-refractivity contribution in [2.75, 3.05) is 39.0 Å². The Bertz CT molecular complexity index is 1200. The van der Waals surface area contributed by atoms with Gasteiger partial charge in [-0.25, -0.2) is 9.97 Å². The number of aryl methyl sites for hydroxylation is 1. The summed E-state index contributed by atoms with van der Waals surface area (Å²) < 4.78 is 2.01. The third-order valence-electron chi connectivity index (χ3n) is 5.47. The van der Waals surface area contributed by atoms with Crippen LogP contribution in [0.2, 0.25) is 0 Å². The van der Waals surface area contributed by atoms with E-state index in [0.717, 1.165) is 48.7 Å². The fourth-order valence-electron chi connectivity index (χ4n) is 3.72. The number of anilines is 1. The molecule has 7 heteroatoms. The molecule has 0 atom stereocenters. The first-order valence-electron chi connectivity index (χ1n) is 11.2. The van der Waals surface area contributed by atoms with Crippen molar-refractivity contribution in [2.45, 2.75) is 12.8 Å². The van der Waals surface area contributed by atoms with Gasteiger partial charge in [0.1, 0.15) is 0 Å². The second-order valence-corrected chi connectivity index (χ2v) is 8.27. The summed E-state index contributed by atoms with van der Waals surface area (Å²) in [6.07, 6.45) is 7.54. The summed E-state index contributed by atoms with van der Waals surface area (Å²) in [7, 11) is 3.97. The zero-order valence-corrected chi connectivity index (χ0v) is 19.2. The van der Waals surface area contributed by atoms with Crippen LogP contribution in [0.5, 0.6) is 0 Å². The number of hydrogen-bond donors (Lipinski definition) is 2. The monoisotopic (exact) mass is 442 g/mol. The highest BCUT2D eigenvalue weighted by Crippen LogP contribution is 2.24. The number of imidazole rings is 1. The van der Waals surface area contributed by atoms with E-state index in [1.54, 1.807) is 6.20 Å². The summed E-state index contributed by atoms with van der Waals surface area (Å²) >= 11 is 0. The lowest BCUT2D eigenvalue weighted by atomic mass is 10.1. The van der Waals surface area contributed by atoms with Crippen LogP contribution in [0.25, 0.3) is 16.9 Å². The van der Waals surface area contributed by atoms with E-state index in [1.807, 2.05) is 66.1 Å². The average molecular weight is 443 g/mol. The second kappa shape index (κ2) is 10.7. The number of rotatable bonds is 10. The maximum atomic E-state index is 12.6. The molecule has 170 valence electrons. The minimum atomic E-state index is -0.0785. The van der Waals surface area contributed by atoms with Crippen molar-refractivity contribution in [3.8, 4) is 11.3 Å². The summed E-state index contributed by atoms with van der Waals surface area (Å²) in [6, 6.07) is 18.1. The molecule has 0 radical (unpaired) electrons. The smallest absolute Gasteiger partial charge is 0.251 e. The van der Waals surface area contributed by atoms with Crippen LogP contribution in [0, 0.1) is 0 Å².